The first-order valence-electron chi connectivity index (χ1n) is 6.69. The van der Waals surface area contributed by atoms with Crippen molar-refractivity contribution in [2.24, 2.45) is 0 Å². The van der Waals surface area contributed by atoms with Crippen molar-refractivity contribution in [2.75, 3.05) is 26.8 Å². The van der Waals surface area contributed by atoms with Gasteiger partial charge in [-0.3, -0.25) is 4.79 Å². The lowest BCUT2D eigenvalue weighted by molar-refractivity contribution is -0.133. The van der Waals surface area contributed by atoms with Gasteiger partial charge in [0.2, 0.25) is 0 Å². The number of methoxy groups -OCH3 is 1. The van der Waals surface area contributed by atoms with Gasteiger partial charge in [-0.05, 0) is 38.0 Å². The Bertz CT molecular complexity index is 499. The molecule has 1 aliphatic heterocycles. The molecule has 1 N–H and O–H groups in total. The van der Waals surface area contributed by atoms with E-state index < -0.39 is 5.60 Å². The summed E-state index contributed by atoms with van der Waals surface area (Å²) in [6.07, 6.45) is 0.604. The van der Waals surface area contributed by atoms with Gasteiger partial charge in [-0.15, -0.1) is 0 Å². The fourth-order valence-corrected chi connectivity index (χ4v) is 2.28. The van der Waals surface area contributed by atoms with E-state index in [1.165, 1.54) is 0 Å². The van der Waals surface area contributed by atoms with E-state index in [9.17, 15) is 9.90 Å². The third-order valence-corrected chi connectivity index (χ3v) is 3.47. The molecule has 1 saturated heterocycles. The molecule has 0 aliphatic carbocycles. The molecule has 5 heteroatoms. The van der Waals surface area contributed by atoms with Crippen LogP contribution in [0, 0.1) is 6.92 Å². The molecule has 1 aromatic carbocycles. The maximum Gasteiger partial charge on any atom is 0.260 e. The van der Waals surface area contributed by atoms with Crippen molar-refractivity contribution < 1.29 is 19.4 Å². The summed E-state index contributed by atoms with van der Waals surface area (Å²) < 4.78 is 10.8. The van der Waals surface area contributed by atoms with Crippen molar-refractivity contribution in [3.05, 3.63) is 23.8 Å². The van der Waals surface area contributed by atoms with E-state index in [2.05, 4.69) is 0 Å². The Morgan fingerprint density at radius 3 is 2.80 bits per heavy atom. The van der Waals surface area contributed by atoms with Gasteiger partial charge in [-0.2, -0.15) is 0 Å². The van der Waals surface area contributed by atoms with E-state index in [0.717, 1.165) is 5.56 Å². The lowest BCUT2D eigenvalue weighted by Gasteiger charge is -2.19. The molecule has 0 aromatic heterocycles. The molecule has 1 unspecified atom stereocenters. The van der Waals surface area contributed by atoms with E-state index in [1.54, 1.807) is 25.0 Å². The zero-order valence-electron chi connectivity index (χ0n) is 12.2. The molecule has 1 aromatic rings. The van der Waals surface area contributed by atoms with Crippen molar-refractivity contribution in [1.29, 1.82) is 0 Å². The smallest absolute Gasteiger partial charge is 0.260 e. The highest BCUT2D eigenvalue weighted by atomic mass is 16.5. The Kier molecular flexibility index (Phi) is 4.18. The summed E-state index contributed by atoms with van der Waals surface area (Å²) in [6.45, 7) is 4.59. The zero-order chi connectivity index (χ0) is 14.8. The lowest BCUT2D eigenvalue weighted by atomic mass is 10.1. The molecule has 0 saturated carbocycles. The van der Waals surface area contributed by atoms with Crippen LogP contribution in [0.2, 0.25) is 0 Å². The van der Waals surface area contributed by atoms with Gasteiger partial charge in [0.05, 0.1) is 12.7 Å². The number of ether oxygens (including phenoxy) is 2. The Morgan fingerprint density at radius 2 is 2.20 bits per heavy atom. The number of aryl methyl sites for hydroxylation is 1. The molecular weight excluding hydrogens is 258 g/mol. The first-order chi connectivity index (χ1) is 9.41. The lowest BCUT2D eigenvalue weighted by Crippen LogP contribution is -2.36. The van der Waals surface area contributed by atoms with Crippen LogP contribution >= 0.6 is 0 Å². The number of carbonyl (C=O) groups is 1. The van der Waals surface area contributed by atoms with Gasteiger partial charge in [-0.1, -0.05) is 6.07 Å². The van der Waals surface area contributed by atoms with Gasteiger partial charge in [0, 0.05) is 13.1 Å². The molecule has 1 amide bonds. The standard InChI is InChI=1S/C15H21NO4/c1-11-4-5-12(13(8-11)19-3)20-9-14(17)16-7-6-15(2,18)10-16/h4-5,8,18H,6-7,9-10H2,1-3H3. The van der Waals surface area contributed by atoms with E-state index in [4.69, 9.17) is 9.47 Å². The number of benzene rings is 1. The van der Waals surface area contributed by atoms with Crippen molar-refractivity contribution in [2.45, 2.75) is 25.9 Å². The van der Waals surface area contributed by atoms with Crippen LogP contribution in [-0.4, -0.2) is 48.3 Å². The van der Waals surface area contributed by atoms with Crippen LogP contribution in [0.4, 0.5) is 0 Å². The molecule has 0 radical (unpaired) electrons. The summed E-state index contributed by atoms with van der Waals surface area (Å²) >= 11 is 0. The minimum Gasteiger partial charge on any atom is -0.493 e. The van der Waals surface area contributed by atoms with Gasteiger partial charge in [0.15, 0.2) is 18.1 Å². The molecule has 1 heterocycles. The molecule has 2 rings (SSSR count). The second-order valence-corrected chi connectivity index (χ2v) is 5.51. The normalized spacial score (nSPS) is 21.9. The second-order valence-electron chi connectivity index (χ2n) is 5.51. The van der Waals surface area contributed by atoms with Gasteiger partial charge in [0.1, 0.15) is 0 Å². The average molecular weight is 279 g/mol. The van der Waals surface area contributed by atoms with Gasteiger partial charge >= 0.3 is 0 Å². The minimum atomic E-state index is -0.781. The van der Waals surface area contributed by atoms with Gasteiger partial charge < -0.3 is 19.5 Å². The first-order valence-corrected chi connectivity index (χ1v) is 6.69. The SMILES string of the molecule is COc1cc(C)ccc1OCC(=O)N1CCC(C)(O)C1. The predicted octanol–water partition coefficient (Wildman–Crippen LogP) is 1.37. The Labute approximate surface area is 119 Å². The molecule has 1 fully saturated rings. The highest BCUT2D eigenvalue weighted by Gasteiger charge is 2.33. The summed E-state index contributed by atoms with van der Waals surface area (Å²) in [4.78, 5) is 13.6. The summed E-state index contributed by atoms with van der Waals surface area (Å²) in [5.74, 6) is 1.05. The van der Waals surface area contributed by atoms with Gasteiger partial charge in [0.25, 0.3) is 5.91 Å². The molecule has 0 spiro atoms. The third kappa shape index (κ3) is 3.42. The summed E-state index contributed by atoms with van der Waals surface area (Å²) in [5.41, 5.74) is 0.285. The maximum atomic E-state index is 12.0. The van der Waals surface area contributed by atoms with E-state index >= 15 is 0 Å². The van der Waals surface area contributed by atoms with Crippen LogP contribution in [0.3, 0.4) is 0 Å². The number of nitrogens with zero attached hydrogens (tertiary/aromatic N) is 1. The predicted molar refractivity (Wildman–Crippen MR) is 75.0 cm³/mol. The van der Waals surface area contributed by atoms with Crippen LogP contribution in [-0.2, 0) is 4.79 Å². The summed E-state index contributed by atoms with van der Waals surface area (Å²) in [7, 11) is 1.57. The first kappa shape index (κ1) is 14.7. The topological polar surface area (TPSA) is 59.0 Å². The van der Waals surface area contributed by atoms with Crippen LogP contribution in [0.5, 0.6) is 11.5 Å². The number of amides is 1. The van der Waals surface area contributed by atoms with E-state index in [0.29, 0.717) is 31.0 Å². The van der Waals surface area contributed by atoms with Crippen molar-refractivity contribution in [3.8, 4) is 11.5 Å². The Hall–Kier alpha value is -1.75. The monoisotopic (exact) mass is 279 g/mol. The number of β-amino-alcohol motifs (C(OH)–C–C–N with tert-alkyl or cyclic N) is 1. The van der Waals surface area contributed by atoms with Crippen LogP contribution in [0.1, 0.15) is 18.9 Å². The highest BCUT2D eigenvalue weighted by molar-refractivity contribution is 5.78. The minimum absolute atomic E-state index is 0.0461. The number of carbonyl (C=O) groups excluding carboxylic acids is 1. The highest BCUT2D eigenvalue weighted by Crippen LogP contribution is 2.28. The molecule has 0 bridgehead atoms. The summed E-state index contributed by atoms with van der Waals surface area (Å²) in [6, 6.07) is 5.56. The molecule has 5 nitrogen and oxygen atoms in total. The molecule has 20 heavy (non-hydrogen) atoms. The summed E-state index contributed by atoms with van der Waals surface area (Å²) in [5, 5.41) is 9.86. The van der Waals surface area contributed by atoms with Crippen LogP contribution in [0.15, 0.2) is 18.2 Å². The van der Waals surface area contributed by atoms with E-state index in [-0.39, 0.29) is 12.5 Å². The van der Waals surface area contributed by atoms with Crippen LogP contribution in [0.25, 0.3) is 0 Å². The number of rotatable bonds is 4. The maximum absolute atomic E-state index is 12.0. The number of hydrogen-bond acceptors (Lipinski definition) is 4. The fraction of sp³-hybridized carbons (Fsp3) is 0.533. The largest absolute Gasteiger partial charge is 0.493 e. The average Bonchev–Trinajstić information content (AvgIpc) is 2.77. The van der Waals surface area contributed by atoms with Crippen molar-refractivity contribution >= 4 is 5.91 Å². The molecule has 110 valence electrons. The van der Waals surface area contributed by atoms with Crippen LogP contribution < -0.4 is 9.47 Å². The van der Waals surface area contributed by atoms with E-state index in [1.807, 2.05) is 19.1 Å². The van der Waals surface area contributed by atoms with Crippen molar-refractivity contribution in [3.63, 3.8) is 0 Å². The molecular formula is C15H21NO4. The Balaban J connectivity index is 1.94. The second kappa shape index (κ2) is 5.71. The number of aliphatic hydroxyl groups is 1. The van der Waals surface area contributed by atoms with Gasteiger partial charge in [-0.25, -0.2) is 0 Å². The Morgan fingerprint density at radius 1 is 1.45 bits per heavy atom. The quantitative estimate of drug-likeness (QED) is 0.904. The zero-order valence-corrected chi connectivity index (χ0v) is 12.2. The fourth-order valence-electron chi connectivity index (χ4n) is 2.28. The third-order valence-electron chi connectivity index (χ3n) is 3.47. The van der Waals surface area contributed by atoms with Crippen molar-refractivity contribution in [1.82, 2.24) is 4.90 Å². The number of likely N-dealkylation sites (tertiary alicyclic amines) is 1. The molecule has 1 atom stereocenters. The number of hydrogen-bond donors (Lipinski definition) is 1. The molecule has 1 aliphatic rings.